The van der Waals surface area contributed by atoms with Crippen molar-refractivity contribution in [3.05, 3.63) is 36.0 Å². The third-order valence-corrected chi connectivity index (χ3v) is 4.17. The van der Waals surface area contributed by atoms with Crippen LogP contribution in [0.15, 0.2) is 30.5 Å². The number of H-pyrrole nitrogens is 1. The minimum absolute atomic E-state index is 0.0519. The SMILES string of the molecule is C[C@H]1CC[C@H](NC(=O)c2ccc3cc[nH]c3c2)CC1. The fourth-order valence-corrected chi connectivity index (χ4v) is 2.86. The van der Waals surface area contributed by atoms with Gasteiger partial charge in [-0.15, -0.1) is 0 Å². The summed E-state index contributed by atoms with van der Waals surface area (Å²) < 4.78 is 0. The van der Waals surface area contributed by atoms with Crippen LogP contribution in [-0.2, 0) is 0 Å². The van der Waals surface area contributed by atoms with Gasteiger partial charge in [-0.25, -0.2) is 0 Å². The Balaban J connectivity index is 1.69. The number of amides is 1. The van der Waals surface area contributed by atoms with Gasteiger partial charge in [-0.3, -0.25) is 4.79 Å². The lowest BCUT2D eigenvalue weighted by molar-refractivity contribution is 0.0923. The molecule has 100 valence electrons. The summed E-state index contributed by atoms with van der Waals surface area (Å²) in [5, 5.41) is 4.30. The molecule has 1 saturated carbocycles. The molecule has 0 radical (unpaired) electrons. The van der Waals surface area contributed by atoms with Gasteiger partial charge in [0, 0.05) is 23.3 Å². The van der Waals surface area contributed by atoms with Crippen molar-refractivity contribution in [2.75, 3.05) is 0 Å². The van der Waals surface area contributed by atoms with Crippen molar-refractivity contribution in [1.82, 2.24) is 10.3 Å². The number of benzene rings is 1. The summed E-state index contributed by atoms with van der Waals surface area (Å²) in [6.45, 7) is 2.29. The van der Waals surface area contributed by atoms with E-state index in [-0.39, 0.29) is 5.91 Å². The molecule has 0 spiro atoms. The van der Waals surface area contributed by atoms with Gasteiger partial charge in [0.1, 0.15) is 0 Å². The summed E-state index contributed by atoms with van der Waals surface area (Å²) in [5.41, 5.74) is 1.76. The highest BCUT2D eigenvalue weighted by atomic mass is 16.1. The summed E-state index contributed by atoms with van der Waals surface area (Å²) in [6, 6.07) is 8.18. The Morgan fingerprint density at radius 3 is 2.79 bits per heavy atom. The van der Waals surface area contributed by atoms with Crippen LogP contribution in [0, 0.1) is 5.92 Å². The van der Waals surface area contributed by atoms with Crippen LogP contribution in [0.25, 0.3) is 10.9 Å². The van der Waals surface area contributed by atoms with Gasteiger partial charge >= 0.3 is 0 Å². The smallest absolute Gasteiger partial charge is 0.251 e. The van der Waals surface area contributed by atoms with Gasteiger partial charge in [0.05, 0.1) is 0 Å². The first-order valence-electron chi connectivity index (χ1n) is 7.10. The number of carbonyl (C=O) groups excluding carboxylic acids is 1. The van der Waals surface area contributed by atoms with E-state index in [1.807, 2.05) is 30.5 Å². The van der Waals surface area contributed by atoms with Gasteiger partial charge in [0.15, 0.2) is 0 Å². The molecule has 3 nitrogen and oxygen atoms in total. The molecule has 1 aliphatic carbocycles. The van der Waals surface area contributed by atoms with Gasteiger partial charge in [-0.05, 0) is 55.2 Å². The van der Waals surface area contributed by atoms with Crippen LogP contribution in [0.3, 0.4) is 0 Å². The van der Waals surface area contributed by atoms with Gasteiger partial charge in [0.2, 0.25) is 0 Å². The van der Waals surface area contributed by atoms with Crippen LogP contribution in [0.1, 0.15) is 43.0 Å². The molecule has 1 aliphatic rings. The standard InChI is InChI=1S/C16H20N2O/c1-11-2-6-14(7-3-11)18-16(19)13-5-4-12-8-9-17-15(12)10-13/h4-5,8-11,14,17H,2-3,6-7H2,1H3,(H,18,19)/t11-,14-. The monoisotopic (exact) mass is 256 g/mol. The summed E-state index contributed by atoms with van der Waals surface area (Å²) in [4.78, 5) is 15.4. The van der Waals surface area contributed by atoms with E-state index in [4.69, 9.17) is 0 Å². The molecule has 0 atom stereocenters. The first-order valence-corrected chi connectivity index (χ1v) is 7.10. The third kappa shape index (κ3) is 2.65. The molecule has 2 aromatic rings. The minimum Gasteiger partial charge on any atom is -0.361 e. The molecule has 0 aliphatic heterocycles. The second kappa shape index (κ2) is 5.08. The molecular weight excluding hydrogens is 236 g/mol. The van der Waals surface area contributed by atoms with Crippen molar-refractivity contribution in [3.63, 3.8) is 0 Å². The number of aromatic amines is 1. The molecule has 0 bridgehead atoms. The van der Waals surface area contributed by atoms with Crippen LogP contribution in [-0.4, -0.2) is 16.9 Å². The molecule has 0 saturated heterocycles. The number of rotatable bonds is 2. The third-order valence-electron chi connectivity index (χ3n) is 4.17. The average molecular weight is 256 g/mol. The van der Waals surface area contributed by atoms with Crippen molar-refractivity contribution in [3.8, 4) is 0 Å². The lowest BCUT2D eigenvalue weighted by Gasteiger charge is -2.26. The van der Waals surface area contributed by atoms with E-state index >= 15 is 0 Å². The zero-order valence-electron chi connectivity index (χ0n) is 11.3. The lowest BCUT2D eigenvalue weighted by Crippen LogP contribution is -2.37. The Morgan fingerprint density at radius 2 is 2.00 bits per heavy atom. The van der Waals surface area contributed by atoms with E-state index in [2.05, 4.69) is 17.2 Å². The molecule has 1 fully saturated rings. The topological polar surface area (TPSA) is 44.9 Å². The quantitative estimate of drug-likeness (QED) is 0.849. The molecule has 3 rings (SSSR count). The van der Waals surface area contributed by atoms with Crippen LogP contribution in [0.5, 0.6) is 0 Å². The van der Waals surface area contributed by atoms with Gasteiger partial charge in [-0.1, -0.05) is 13.0 Å². The largest absolute Gasteiger partial charge is 0.361 e. The maximum absolute atomic E-state index is 12.2. The molecule has 0 unspecified atom stereocenters. The number of carbonyl (C=O) groups is 1. The number of nitrogens with one attached hydrogen (secondary N) is 2. The number of hydrogen-bond donors (Lipinski definition) is 2. The molecule has 3 heteroatoms. The Kier molecular flexibility index (Phi) is 3.28. The maximum Gasteiger partial charge on any atom is 0.251 e. The highest BCUT2D eigenvalue weighted by Gasteiger charge is 2.20. The molecule has 1 aromatic carbocycles. The Labute approximate surface area is 113 Å². The van der Waals surface area contributed by atoms with Crippen molar-refractivity contribution in [1.29, 1.82) is 0 Å². The highest BCUT2D eigenvalue weighted by Crippen LogP contribution is 2.23. The van der Waals surface area contributed by atoms with Crippen LogP contribution in [0.4, 0.5) is 0 Å². The molecule has 1 aromatic heterocycles. The van der Waals surface area contributed by atoms with Crippen molar-refractivity contribution in [2.45, 2.75) is 38.6 Å². The normalized spacial score (nSPS) is 23.4. The summed E-state index contributed by atoms with van der Waals surface area (Å²) in [5.74, 6) is 0.861. The second-order valence-electron chi connectivity index (χ2n) is 5.71. The highest BCUT2D eigenvalue weighted by molar-refractivity contribution is 5.98. The van der Waals surface area contributed by atoms with Crippen LogP contribution >= 0.6 is 0 Å². The van der Waals surface area contributed by atoms with E-state index in [0.717, 1.165) is 35.2 Å². The Morgan fingerprint density at radius 1 is 1.21 bits per heavy atom. The predicted molar refractivity (Wildman–Crippen MR) is 77.2 cm³/mol. The fraction of sp³-hybridized carbons (Fsp3) is 0.438. The van der Waals surface area contributed by atoms with Gasteiger partial charge < -0.3 is 10.3 Å². The van der Waals surface area contributed by atoms with Crippen molar-refractivity contribution in [2.24, 2.45) is 5.92 Å². The number of aromatic nitrogens is 1. The molecule has 2 N–H and O–H groups in total. The number of fused-ring (bicyclic) bond motifs is 1. The van der Waals surface area contributed by atoms with Gasteiger partial charge in [-0.2, -0.15) is 0 Å². The molecule has 1 heterocycles. The second-order valence-corrected chi connectivity index (χ2v) is 5.71. The minimum atomic E-state index is 0.0519. The van der Waals surface area contributed by atoms with E-state index in [1.54, 1.807) is 0 Å². The van der Waals surface area contributed by atoms with E-state index in [9.17, 15) is 4.79 Å². The molecule has 19 heavy (non-hydrogen) atoms. The van der Waals surface area contributed by atoms with Gasteiger partial charge in [0.25, 0.3) is 5.91 Å². The zero-order valence-corrected chi connectivity index (χ0v) is 11.3. The first kappa shape index (κ1) is 12.3. The van der Waals surface area contributed by atoms with E-state index in [0.29, 0.717) is 6.04 Å². The Hall–Kier alpha value is -1.77. The summed E-state index contributed by atoms with van der Waals surface area (Å²) in [6.07, 6.45) is 6.56. The summed E-state index contributed by atoms with van der Waals surface area (Å²) in [7, 11) is 0. The average Bonchev–Trinajstić information content (AvgIpc) is 2.88. The fourth-order valence-electron chi connectivity index (χ4n) is 2.86. The predicted octanol–water partition coefficient (Wildman–Crippen LogP) is 3.48. The molecule has 1 amide bonds. The van der Waals surface area contributed by atoms with Crippen molar-refractivity contribution >= 4 is 16.8 Å². The van der Waals surface area contributed by atoms with Crippen LogP contribution in [0.2, 0.25) is 0 Å². The van der Waals surface area contributed by atoms with E-state index in [1.165, 1.54) is 12.8 Å². The van der Waals surface area contributed by atoms with Crippen molar-refractivity contribution < 1.29 is 4.79 Å². The van der Waals surface area contributed by atoms with E-state index < -0.39 is 0 Å². The maximum atomic E-state index is 12.2. The lowest BCUT2D eigenvalue weighted by atomic mass is 9.87. The molecular formula is C16H20N2O. The zero-order chi connectivity index (χ0) is 13.2. The Bertz CT molecular complexity index is 579. The number of hydrogen-bond acceptors (Lipinski definition) is 1. The first-order chi connectivity index (χ1) is 9.22. The van der Waals surface area contributed by atoms with Crippen LogP contribution < -0.4 is 5.32 Å². The summed E-state index contributed by atoms with van der Waals surface area (Å²) >= 11 is 0.